The predicted molar refractivity (Wildman–Crippen MR) is 168 cm³/mol. The van der Waals surface area contributed by atoms with Crippen molar-refractivity contribution < 1.29 is 14.0 Å². The summed E-state index contributed by atoms with van der Waals surface area (Å²) < 4.78 is 15.2. The summed E-state index contributed by atoms with van der Waals surface area (Å²) in [6.45, 7) is 4.13. The van der Waals surface area contributed by atoms with Gasteiger partial charge in [0.15, 0.2) is 0 Å². The van der Waals surface area contributed by atoms with Crippen LogP contribution in [0.5, 0.6) is 0 Å². The molecule has 42 heavy (non-hydrogen) atoms. The van der Waals surface area contributed by atoms with Crippen molar-refractivity contribution >= 4 is 40.7 Å². The van der Waals surface area contributed by atoms with Crippen LogP contribution in [0, 0.1) is 19.7 Å². The fourth-order valence-electron chi connectivity index (χ4n) is 5.21. The zero-order valence-electron chi connectivity index (χ0n) is 23.2. The largest absolute Gasteiger partial charge is 0.350 e. The highest BCUT2D eigenvalue weighted by Crippen LogP contribution is 2.49. The Hall–Kier alpha value is -4.21. The van der Waals surface area contributed by atoms with Gasteiger partial charge in [0, 0.05) is 22.5 Å². The Morgan fingerprint density at radius 2 is 1.81 bits per heavy atom. The lowest BCUT2D eigenvalue weighted by atomic mass is 10.0. The zero-order valence-corrected chi connectivity index (χ0v) is 24.8. The average Bonchev–Trinajstić information content (AvgIpc) is 3.63. The van der Waals surface area contributed by atoms with E-state index in [1.54, 1.807) is 40.1 Å². The van der Waals surface area contributed by atoms with Gasteiger partial charge in [0.25, 0.3) is 0 Å². The number of benzene rings is 3. The molecule has 1 aliphatic heterocycles. The second-order valence-corrected chi connectivity index (χ2v) is 12.3. The molecular weight excluding hydrogens is 568 g/mol. The molecule has 0 radical (unpaired) electrons. The number of carbonyl (C=O) groups excluding carboxylic acids is 2. The van der Waals surface area contributed by atoms with E-state index in [9.17, 15) is 14.0 Å². The van der Waals surface area contributed by atoms with E-state index in [4.69, 9.17) is 5.10 Å². The van der Waals surface area contributed by atoms with Gasteiger partial charge in [0.2, 0.25) is 11.8 Å². The number of aryl methyl sites for hydroxylation is 2. The molecule has 0 bridgehead atoms. The summed E-state index contributed by atoms with van der Waals surface area (Å²) in [5.74, 6) is 0.00467. The summed E-state index contributed by atoms with van der Waals surface area (Å²) in [6, 6.07) is 26.2. The van der Waals surface area contributed by atoms with Crippen molar-refractivity contribution in [2.45, 2.75) is 25.6 Å². The van der Waals surface area contributed by atoms with Gasteiger partial charge >= 0.3 is 0 Å². The number of thioether (sulfide) groups is 1. The van der Waals surface area contributed by atoms with Crippen LogP contribution in [0.15, 0.2) is 90.3 Å². The lowest BCUT2D eigenvalue weighted by Gasteiger charge is -2.23. The van der Waals surface area contributed by atoms with E-state index in [2.05, 4.69) is 17.4 Å². The second kappa shape index (κ2) is 12.0. The van der Waals surface area contributed by atoms with E-state index >= 15 is 0 Å². The van der Waals surface area contributed by atoms with Crippen LogP contribution in [0.2, 0.25) is 0 Å². The van der Waals surface area contributed by atoms with Crippen molar-refractivity contribution in [3.05, 3.63) is 123 Å². The molecule has 2 aromatic heterocycles. The van der Waals surface area contributed by atoms with Crippen molar-refractivity contribution in [3.63, 3.8) is 0 Å². The first-order chi connectivity index (χ1) is 20.4. The molecule has 1 N–H and O–H groups in total. The number of nitrogens with zero attached hydrogens (tertiary/aromatic N) is 3. The second-order valence-electron chi connectivity index (χ2n) is 10.2. The van der Waals surface area contributed by atoms with Crippen molar-refractivity contribution in [1.82, 2.24) is 15.1 Å². The number of hydrogen-bond donors (Lipinski definition) is 1. The van der Waals surface area contributed by atoms with Crippen LogP contribution in [0.4, 0.5) is 10.2 Å². The van der Waals surface area contributed by atoms with Gasteiger partial charge in [-0.1, -0.05) is 66.2 Å². The molecule has 3 aromatic carbocycles. The molecule has 0 spiro atoms. The van der Waals surface area contributed by atoms with Gasteiger partial charge in [-0.15, -0.1) is 23.1 Å². The Kier molecular flexibility index (Phi) is 7.95. The number of fused-ring (bicyclic) bond motifs is 1. The first kappa shape index (κ1) is 27.9. The quantitative estimate of drug-likeness (QED) is 0.223. The van der Waals surface area contributed by atoms with Crippen LogP contribution in [0.1, 0.15) is 32.4 Å². The highest BCUT2D eigenvalue weighted by atomic mass is 32.2. The van der Waals surface area contributed by atoms with Crippen LogP contribution < -0.4 is 10.2 Å². The molecule has 5 aromatic rings. The van der Waals surface area contributed by atoms with Crippen molar-refractivity contribution in [1.29, 1.82) is 0 Å². The van der Waals surface area contributed by atoms with Gasteiger partial charge in [0.05, 0.1) is 22.4 Å². The first-order valence-corrected chi connectivity index (χ1v) is 15.5. The standard InChI is InChI=1S/C33H29FN4O2S2/c1-21-10-15-26(22(2)17-21)38-33-30(31(36-38)24-7-4-3-5-8-24)32(27-9-6-16-41-27)42-20-29(40)37(33)19-28(39)35-18-23-11-13-25(34)14-12-23/h3-17,32H,18-20H2,1-2H3,(H,35,39)/t32-/m1/s1. The number of thiophene rings is 1. The van der Waals surface area contributed by atoms with E-state index in [-0.39, 0.29) is 41.7 Å². The number of aromatic nitrogens is 2. The molecule has 6 rings (SSSR count). The fraction of sp³-hybridized carbons (Fsp3) is 0.182. The molecule has 1 aliphatic rings. The third kappa shape index (κ3) is 5.62. The molecule has 3 heterocycles. The Labute approximate surface area is 252 Å². The van der Waals surface area contributed by atoms with E-state index < -0.39 is 0 Å². The van der Waals surface area contributed by atoms with Gasteiger partial charge in [-0.2, -0.15) is 5.10 Å². The van der Waals surface area contributed by atoms with Crippen molar-refractivity contribution in [3.8, 4) is 16.9 Å². The molecule has 0 saturated heterocycles. The maximum absolute atomic E-state index is 13.9. The maximum atomic E-state index is 13.9. The molecule has 2 amide bonds. The van der Waals surface area contributed by atoms with E-state index in [1.807, 2.05) is 72.4 Å². The highest BCUT2D eigenvalue weighted by molar-refractivity contribution is 8.00. The van der Waals surface area contributed by atoms with Gasteiger partial charge in [-0.05, 0) is 54.6 Å². The Morgan fingerprint density at radius 3 is 2.52 bits per heavy atom. The number of anilines is 1. The molecule has 1 atom stereocenters. The number of halogens is 1. The zero-order chi connectivity index (χ0) is 29.2. The molecule has 0 fully saturated rings. The monoisotopic (exact) mass is 596 g/mol. The molecule has 0 unspecified atom stereocenters. The summed E-state index contributed by atoms with van der Waals surface area (Å²) in [7, 11) is 0. The SMILES string of the molecule is Cc1ccc(-n2nc(-c3ccccc3)c3c2N(CC(=O)NCc2ccc(F)cc2)C(=O)CS[C@@H]3c2cccs2)c(C)c1. The predicted octanol–water partition coefficient (Wildman–Crippen LogP) is 6.84. The molecule has 6 nitrogen and oxygen atoms in total. The number of carbonyl (C=O) groups is 2. The van der Waals surface area contributed by atoms with Crippen molar-refractivity contribution in [2.24, 2.45) is 0 Å². The van der Waals surface area contributed by atoms with Gasteiger partial charge < -0.3 is 5.32 Å². The average molecular weight is 597 g/mol. The Balaban J connectivity index is 1.50. The van der Waals surface area contributed by atoms with Crippen LogP contribution in [-0.4, -0.2) is 33.9 Å². The number of nitrogens with one attached hydrogen (secondary N) is 1. The molecule has 9 heteroatoms. The van der Waals surface area contributed by atoms with Crippen LogP contribution in [0.25, 0.3) is 16.9 Å². The lowest BCUT2D eigenvalue weighted by molar-refractivity contribution is -0.123. The van der Waals surface area contributed by atoms with E-state index in [1.165, 1.54) is 12.1 Å². The smallest absolute Gasteiger partial charge is 0.240 e. The Bertz CT molecular complexity index is 1730. The molecule has 0 saturated carbocycles. The third-order valence-corrected chi connectivity index (χ3v) is 9.55. The summed E-state index contributed by atoms with van der Waals surface area (Å²) >= 11 is 3.20. The minimum atomic E-state index is -0.334. The number of rotatable bonds is 7. The van der Waals surface area contributed by atoms with E-state index in [0.29, 0.717) is 5.82 Å². The maximum Gasteiger partial charge on any atom is 0.240 e. The third-order valence-electron chi connectivity index (χ3n) is 7.22. The highest BCUT2D eigenvalue weighted by Gasteiger charge is 2.38. The summed E-state index contributed by atoms with van der Waals surface area (Å²) in [5, 5.41) is 9.96. The van der Waals surface area contributed by atoms with Crippen molar-refractivity contribution in [2.75, 3.05) is 17.2 Å². The van der Waals surface area contributed by atoms with Crippen LogP contribution in [-0.2, 0) is 16.1 Å². The molecule has 212 valence electrons. The number of hydrogen-bond acceptors (Lipinski definition) is 5. The van der Waals surface area contributed by atoms with Crippen LogP contribution in [0.3, 0.4) is 0 Å². The summed E-state index contributed by atoms with van der Waals surface area (Å²) in [6.07, 6.45) is 0. The van der Waals surface area contributed by atoms with Gasteiger partial charge in [0.1, 0.15) is 18.2 Å². The normalized spacial score (nSPS) is 14.9. The van der Waals surface area contributed by atoms with Crippen LogP contribution >= 0.6 is 23.1 Å². The topological polar surface area (TPSA) is 67.2 Å². The number of amides is 2. The van der Waals surface area contributed by atoms with E-state index in [0.717, 1.165) is 44.1 Å². The minimum absolute atomic E-state index is 0.147. The summed E-state index contributed by atoms with van der Waals surface area (Å²) in [4.78, 5) is 29.9. The lowest BCUT2D eigenvalue weighted by Crippen LogP contribution is -2.42. The molecular formula is C33H29FN4O2S2. The minimum Gasteiger partial charge on any atom is -0.350 e. The molecule has 0 aliphatic carbocycles. The fourth-order valence-corrected chi connectivity index (χ4v) is 7.38. The van der Waals surface area contributed by atoms with Gasteiger partial charge in [-0.25, -0.2) is 9.07 Å². The Morgan fingerprint density at radius 1 is 1.02 bits per heavy atom. The van der Waals surface area contributed by atoms with Gasteiger partial charge in [-0.3, -0.25) is 14.5 Å². The summed E-state index contributed by atoms with van der Waals surface area (Å²) in [5.41, 5.74) is 6.38. The first-order valence-electron chi connectivity index (χ1n) is 13.6.